The number of ether oxygens (including phenoxy) is 1. The highest BCUT2D eigenvalue weighted by Crippen LogP contribution is 2.14. The summed E-state index contributed by atoms with van der Waals surface area (Å²) in [7, 11) is 0. The molecule has 1 fully saturated rings. The number of hydrogen-bond acceptors (Lipinski definition) is 4. The van der Waals surface area contributed by atoms with Crippen LogP contribution in [0.15, 0.2) is 24.3 Å². The van der Waals surface area contributed by atoms with E-state index in [1.165, 1.54) is 4.90 Å². The third-order valence-electron chi connectivity index (χ3n) is 3.28. The topological polar surface area (TPSA) is 87.1 Å². The van der Waals surface area contributed by atoms with Gasteiger partial charge in [-0.15, -0.1) is 0 Å². The summed E-state index contributed by atoms with van der Waals surface area (Å²) in [5, 5.41) is 18.3. The second-order valence-electron chi connectivity index (χ2n) is 4.81. The lowest BCUT2D eigenvalue weighted by Crippen LogP contribution is -2.51. The predicted molar refractivity (Wildman–Crippen MR) is 70.5 cm³/mol. The molecular formula is C14H17NO5. The molecule has 0 spiro atoms. The van der Waals surface area contributed by atoms with E-state index in [4.69, 9.17) is 9.84 Å². The molecule has 1 aromatic rings. The number of amides is 1. The fraction of sp³-hybridized carbons (Fsp3) is 0.429. The van der Waals surface area contributed by atoms with Gasteiger partial charge < -0.3 is 19.8 Å². The van der Waals surface area contributed by atoms with Crippen molar-refractivity contribution in [3.8, 4) is 0 Å². The molecule has 20 heavy (non-hydrogen) atoms. The van der Waals surface area contributed by atoms with Gasteiger partial charge in [-0.05, 0) is 19.1 Å². The molecule has 0 aliphatic carbocycles. The van der Waals surface area contributed by atoms with Crippen molar-refractivity contribution >= 4 is 11.9 Å². The number of aryl methyl sites for hydroxylation is 1. The summed E-state index contributed by atoms with van der Waals surface area (Å²) in [4.78, 5) is 24.5. The van der Waals surface area contributed by atoms with Gasteiger partial charge in [-0.3, -0.25) is 4.79 Å². The number of carboxylic acid groups (broad SMARTS) is 1. The van der Waals surface area contributed by atoms with E-state index in [0.29, 0.717) is 12.1 Å². The van der Waals surface area contributed by atoms with Crippen LogP contribution in [0.4, 0.5) is 0 Å². The minimum Gasteiger partial charge on any atom is -0.479 e. The Morgan fingerprint density at radius 1 is 1.35 bits per heavy atom. The Bertz CT molecular complexity index is 499. The van der Waals surface area contributed by atoms with Crippen LogP contribution in [-0.2, 0) is 9.53 Å². The molecule has 2 unspecified atom stereocenters. The second kappa shape index (κ2) is 6.02. The standard InChI is InChI=1S/C14H17NO5/c1-9-2-4-10(5-3-9)13(17)15-6-7-20-11(8-15)12(16)14(18)19/h2-5,11-12,16H,6-8H2,1H3,(H,18,19). The molecule has 2 atom stereocenters. The third kappa shape index (κ3) is 3.15. The molecule has 0 radical (unpaired) electrons. The number of nitrogens with zero attached hydrogens (tertiary/aromatic N) is 1. The van der Waals surface area contributed by atoms with E-state index < -0.39 is 18.2 Å². The maximum absolute atomic E-state index is 12.3. The number of carboxylic acids is 1. The Morgan fingerprint density at radius 3 is 2.60 bits per heavy atom. The fourth-order valence-corrected chi connectivity index (χ4v) is 2.09. The average molecular weight is 279 g/mol. The van der Waals surface area contributed by atoms with Crippen LogP contribution in [0.2, 0.25) is 0 Å². The van der Waals surface area contributed by atoms with Crippen LogP contribution < -0.4 is 0 Å². The molecule has 108 valence electrons. The second-order valence-corrected chi connectivity index (χ2v) is 4.81. The van der Waals surface area contributed by atoms with Gasteiger partial charge in [0.25, 0.3) is 5.91 Å². The average Bonchev–Trinajstić information content (AvgIpc) is 2.46. The highest BCUT2D eigenvalue weighted by Gasteiger charge is 2.33. The van der Waals surface area contributed by atoms with Gasteiger partial charge in [0, 0.05) is 12.1 Å². The Kier molecular flexibility index (Phi) is 4.36. The molecule has 1 saturated heterocycles. The van der Waals surface area contributed by atoms with Gasteiger partial charge in [-0.25, -0.2) is 4.79 Å². The van der Waals surface area contributed by atoms with Gasteiger partial charge >= 0.3 is 5.97 Å². The number of rotatable bonds is 3. The summed E-state index contributed by atoms with van der Waals surface area (Å²) >= 11 is 0. The van der Waals surface area contributed by atoms with Crippen LogP contribution in [0.5, 0.6) is 0 Å². The maximum atomic E-state index is 12.3. The Morgan fingerprint density at radius 2 is 2.00 bits per heavy atom. The lowest BCUT2D eigenvalue weighted by Gasteiger charge is -2.34. The van der Waals surface area contributed by atoms with E-state index >= 15 is 0 Å². The van der Waals surface area contributed by atoms with Gasteiger partial charge in [0.15, 0.2) is 6.10 Å². The molecule has 6 nitrogen and oxygen atoms in total. The number of carbonyl (C=O) groups excluding carboxylic acids is 1. The minimum absolute atomic E-state index is 0.0696. The van der Waals surface area contributed by atoms with Gasteiger partial charge in [0.2, 0.25) is 0 Å². The van der Waals surface area contributed by atoms with Gasteiger partial charge in [-0.2, -0.15) is 0 Å². The molecule has 1 aliphatic heterocycles. The van der Waals surface area contributed by atoms with Crippen molar-refractivity contribution in [1.82, 2.24) is 4.90 Å². The molecule has 2 N–H and O–H groups in total. The van der Waals surface area contributed by atoms with E-state index in [0.717, 1.165) is 5.56 Å². The summed E-state index contributed by atoms with van der Waals surface area (Å²) in [6.45, 7) is 2.60. The maximum Gasteiger partial charge on any atom is 0.335 e. The highest BCUT2D eigenvalue weighted by atomic mass is 16.5. The van der Waals surface area contributed by atoms with Crippen LogP contribution in [0.1, 0.15) is 15.9 Å². The zero-order valence-corrected chi connectivity index (χ0v) is 11.2. The quantitative estimate of drug-likeness (QED) is 0.830. The molecule has 2 rings (SSSR count). The molecule has 0 saturated carbocycles. The zero-order chi connectivity index (χ0) is 14.7. The van der Waals surface area contributed by atoms with E-state index in [-0.39, 0.29) is 19.1 Å². The largest absolute Gasteiger partial charge is 0.479 e. The zero-order valence-electron chi connectivity index (χ0n) is 11.2. The smallest absolute Gasteiger partial charge is 0.335 e. The summed E-state index contributed by atoms with van der Waals surface area (Å²) in [6, 6.07) is 7.15. The predicted octanol–water partition coefficient (Wildman–Crippen LogP) is 0.282. The normalized spacial score (nSPS) is 20.5. The number of aliphatic carboxylic acids is 1. The lowest BCUT2D eigenvalue weighted by atomic mass is 10.1. The molecule has 0 aromatic heterocycles. The Hall–Kier alpha value is -1.92. The van der Waals surface area contributed by atoms with Crippen molar-refractivity contribution in [1.29, 1.82) is 0 Å². The molecule has 0 bridgehead atoms. The van der Waals surface area contributed by atoms with Crippen LogP contribution in [-0.4, -0.2) is 58.9 Å². The van der Waals surface area contributed by atoms with Crippen molar-refractivity contribution in [2.45, 2.75) is 19.1 Å². The molecule has 6 heteroatoms. The number of carbonyl (C=O) groups is 2. The number of benzene rings is 1. The number of aliphatic hydroxyl groups excluding tert-OH is 1. The van der Waals surface area contributed by atoms with Gasteiger partial charge in [-0.1, -0.05) is 17.7 Å². The summed E-state index contributed by atoms with van der Waals surface area (Å²) in [6.07, 6.45) is -2.51. The fourth-order valence-electron chi connectivity index (χ4n) is 2.09. The Balaban J connectivity index is 2.06. The van der Waals surface area contributed by atoms with Crippen molar-refractivity contribution in [2.24, 2.45) is 0 Å². The first-order chi connectivity index (χ1) is 9.49. The first-order valence-electron chi connectivity index (χ1n) is 6.37. The van der Waals surface area contributed by atoms with E-state index in [1.807, 2.05) is 19.1 Å². The van der Waals surface area contributed by atoms with Crippen molar-refractivity contribution < 1.29 is 24.5 Å². The summed E-state index contributed by atoms with van der Waals surface area (Å²) in [5.74, 6) is -1.53. The lowest BCUT2D eigenvalue weighted by molar-refractivity contribution is -0.159. The molecule has 1 aromatic carbocycles. The first kappa shape index (κ1) is 14.5. The SMILES string of the molecule is Cc1ccc(C(=O)N2CCOC(C(O)C(=O)O)C2)cc1. The first-order valence-corrected chi connectivity index (χ1v) is 6.37. The van der Waals surface area contributed by atoms with E-state index in [2.05, 4.69) is 0 Å². The van der Waals surface area contributed by atoms with Crippen molar-refractivity contribution in [3.63, 3.8) is 0 Å². The number of morpholine rings is 1. The number of hydrogen-bond donors (Lipinski definition) is 2. The van der Waals surface area contributed by atoms with E-state index in [9.17, 15) is 14.7 Å². The molecule has 1 heterocycles. The van der Waals surface area contributed by atoms with Gasteiger partial charge in [0.05, 0.1) is 13.2 Å². The molecule has 1 amide bonds. The van der Waals surface area contributed by atoms with Crippen LogP contribution >= 0.6 is 0 Å². The summed E-state index contributed by atoms with van der Waals surface area (Å²) < 4.78 is 5.21. The van der Waals surface area contributed by atoms with Crippen LogP contribution in [0, 0.1) is 6.92 Å². The van der Waals surface area contributed by atoms with E-state index in [1.54, 1.807) is 12.1 Å². The summed E-state index contributed by atoms with van der Waals surface area (Å²) in [5.41, 5.74) is 1.60. The molecule has 1 aliphatic rings. The van der Waals surface area contributed by atoms with Gasteiger partial charge in [0.1, 0.15) is 6.10 Å². The number of aliphatic hydroxyl groups is 1. The van der Waals surface area contributed by atoms with Crippen molar-refractivity contribution in [3.05, 3.63) is 35.4 Å². The highest BCUT2D eigenvalue weighted by molar-refractivity contribution is 5.94. The van der Waals surface area contributed by atoms with Crippen LogP contribution in [0.3, 0.4) is 0 Å². The van der Waals surface area contributed by atoms with Crippen LogP contribution in [0.25, 0.3) is 0 Å². The Labute approximate surface area is 116 Å². The third-order valence-corrected chi connectivity index (χ3v) is 3.28. The molecular weight excluding hydrogens is 262 g/mol. The van der Waals surface area contributed by atoms with Crippen molar-refractivity contribution in [2.75, 3.05) is 19.7 Å². The monoisotopic (exact) mass is 279 g/mol. The minimum atomic E-state index is -1.62.